The Bertz CT molecular complexity index is 340. The summed E-state index contributed by atoms with van der Waals surface area (Å²) >= 11 is 0. The molecule has 0 aliphatic carbocycles. The lowest BCUT2D eigenvalue weighted by atomic mass is 10.3. The van der Waals surface area contributed by atoms with E-state index in [0.717, 1.165) is 13.1 Å². The molecule has 7 nitrogen and oxygen atoms in total. The van der Waals surface area contributed by atoms with E-state index in [1.807, 2.05) is 27.7 Å². The maximum Gasteiger partial charge on any atom is 0.239 e. The molecule has 0 unspecified atom stereocenters. The van der Waals surface area contributed by atoms with Gasteiger partial charge in [0, 0.05) is 40.0 Å². The molecule has 0 spiro atoms. The van der Waals surface area contributed by atoms with Gasteiger partial charge in [-0.15, -0.1) is 0 Å². The highest BCUT2D eigenvalue weighted by Gasteiger charge is 2.17. The van der Waals surface area contributed by atoms with Crippen LogP contribution in [0.3, 0.4) is 0 Å². The maximum absolute atomic E-state index is 10.7. The third-order valence-electron chi connectivity index (χ3n) is 2.94. The number of carbonyl (C=O) groups is 3. The van der Waals surface area contributed by atoms with E-state index in [-0.39, 0.29) is 24.3 Å². The molecule has 0 atom stereocenters. The van der Waals surface area contributed by atoms with Crippen LogP contribution in [-0.4, -0.2) is 73.5 Å². The average molecular weight is 331 g/mol. The predicted octanol–water partition coefficient (Wildman–Crippen LogP) is 0.882. The molecular formula is C16H33N3O4. The molecule has 0 aromatic carbocycles. The van der Waals surface area contributed by atoms with Crippen molar-refractivity contribution < 1.29 is 19.1 Å². The van der Waals surface area contributed by atoms with Crippen LogP contribution in [0.5, 0.6) is 0 Å². The SMILES string of the molecule is CC.CC.CC(=O)N1CCNC(=O)C1.CC(=O)N1CCOCC1. The molecule has 3 amide bonds. The quantitative estimate of drug-likeness (QED) is 0.715. The standard InChI is InChI=1S/C6H10N2O2.C6H11NO2.2C2H6/c1-5(9)8-3-2-7-6(10)4-8;1-6(8)7-2-4-9-5-3-7;2*1-2/h2-4H2,1H3,(H,7,10);2-5H2,1H3;2*1-2H3. The van der Waals surface area contributed by atoms with Crippen LogP contribution in [0.4, 0.5) is 0 Å². The van der Waals surface area contributed by atoms with Crippen LogP contribution in [0.15, 0.2) is 0 Å². The van der Waals surface area contributed by atoms with Crippen LogP contribution in [-0.2, 0) is 19.1 Å². The number of rotatable bonds is 0. The Balaban J connectivity index is 0. The number of amides is 3. The number of nitrogens with zero attached hydrogens (tertiary/aromatic N) is 2. The zero-order valence-electron chi connectivity index (χ0n) is 15.5. The van der Waals surface area contributed by atoms with Crippen molar-refractivity contribution in [2.75, 3.05) is 45.9 Å². The molecule has 7 heteroatoms. The Kier molecular flexibility index (Phi) is 15.7. The van der Waals surface area contributed by atoms with Gasteiger partial charge in [0.1, 0.15) is 0 Å². The van der Waals surface area contributed by atoms with Crippen LogP contribution >= 0.6 is 0 Å². The van der Waals surface area contributed by atoms with Crippen LogP contribution in [0.25, 0.3) is 0 Å². The average Bonchev–Trinajstić information content (AvgIpc) is 2.60. The Morgan fingerprint density at radius 3 is 1.70 bits per heavy atom. The van der Waals surface area contributed by atoms with Crippen LogP contribution < -0.4 is 5.32 Å². The van der Waals surface area contributed by atoms with Gasteiger partial charge in [0.15, 0.2) is 0 Å². The Morgan fingerprint density at radius 1 is 0.913 bits per heavy atom. The fraction of sp³-hybridized carbons (Fsp3) is 0.812. The van der Waals surface area contributed by atoms with Gasteiger partial charge in [0.2, 0.25) is 17.7 Å². The van der Waals surface area contributed by atoms with Gasteiger partial charge in [0.25, 0.3) is 0 Å². The van der Waals surface area contributed by atoms with E-state index >= 15 is 0 Å². The summed E-state index contributed by atoms with van der Waals surface area (Å²) in [5.41, 5.74) is 0. The van der Waals surface area contributed by atoms with Gasteiger partial charge < -0.3 is 19.9 Å². The summed E-state index contributed by atoms with van der Waals surface area (Å²) in [4.78, 5) is 35.4. The van der Waals surface area contributed by atoms with Crippen molar-refractivity contribution in [3.05, 3.63) is 0 Å². The molecule has 2 aliphatic heterocycles. The number of morpholine rings is 1. The van der Waals surface area contributed by atoms with Crippen LogP contribution in [0, 0.1) is 0 Å². The molecule has 136 valence electrons. The molecule has 0 saturated carbocycles. The monoisotopic (exact) mass is 331 g/mol. The third kappa shape index (κ3) is 11.6. The summed E-state index contributed by atoms with van der Waals surface area (Å²) < 4.78 is 5.06. The minimum absolute atomic E-state index is 0.0325. The van der Waals surface area contributed by atoms with Gasteiger partial charge in [-0.05, 0) is 0 Å². The van der Waals surface area contributed by atoms with Gasteiger partial charge in [-0.3, -0.25) is 14.4 Å². The fourth-order valence-electron chi connectivity index (χ4n) is 1.79. The number of hydrogen-bond acceptors (Lipinski definition) is 4. The van der Waals surface area contributed by atoms with Crippen molar-refractivity contribution in [2.45, 2.75) is 41.5 Å². The van der Waals surface area contributed by atoms with Crippen molar-refractivity contribution in [3.63, 3.8) is 0 Å². The number of nitrogens with one attached hydrogen (secondary N) is 1. The lowest BCUT2D eigenvalue weighted by molar-refractivity contribution is -0.136. The lowest BCUT2D eigenvalue weighted by Gasteiger charge is -2.25. The van der Waals surface area contributed by atoms with E-state index in [2.05, 4.69) is 5.32 Å². The van der Waals surface area contributed by atoms with Crippen molar-refractivity contribution in [1.29, 1.82) is 0 Å². The highest BCUT2D eigenvalue weighted by atomic mass is 16.5. The first-order valence-electron chi connectivity index (χ1n) is 8.36. The van der Waals surface area contributed by atoms with E-state index in [1.165, 1.54) is 11.8 Å². The molecule has 0 aromatic rings. The van der Waals surface area contributed by atoms with Gasteiger partial charge in [-0.2, -0.15) is 0 Å². The second-order valence-electron chi connectivity index (χ2n) is 4.41. The summed E-state index contributed by atoms with van der Waals surface area (Å²) in [6, 6.07) is 0. The van der Waals surface area contributed by atoms with E-state index in [0.29, 0.717) is 26.3 Å². The fourth-order valence-corrected chi connectivity index (χ4v) is 1.79. The molecular weight excluding hydrogens is 298 g/mol. The van der Waals surface area contributed by atoms with Crippen molar-refractivity contribution >= 4 is 17.7 Å². The first kappa shape index (κ1) is 23.6. The number of carbonyl (C=O) groups excluding carboxylic acids is 3. The lowest BCUT2D eigenvalue weighted by Crippen LogP contribution is -2.49. The molecule has 0 radical (unpaired) electrons. The van der Waals surface area contributed by atoms with Crippen LogP contribution in [0.1, 0.15) is 41.5 Å². The number of hydrogen-bond donors (Lipinski definition) is 1. The highest BCUT2D eigenvalue weighted by molar-refractivity contribution is 5.84. The molecule has 2 rings (SSSR count). The van der Waals surface area contributed by atoms with Gasteiger partial charge in [-0.1, -0.05) is 27.7 Å². The maximum atomic E-state index is 10.7. The minimum atomic E-state index is -0.0681. The predicted molar refractivity (Wildman–Crippen MR) is 91.0 cm³/mol. The second-order valence-corrected chi connectivity index (χ2v) is 4.41. The highest BCUT2D eigenvalue weighted by Crippen LogP contribution is 1.95. The second kappa shape index (κ2) is 15.3. The summed E-state index contributed by atoms with van der Waals surface area (Å²) in [6.07, 6.45) is 0. The zero-order chi connectivity index (χ0) is 18.3. The van der Waals surface area contributed by atoms with Gasteiger partial charge in [0.05, 0.1) is 19.8 Å². The molecule has 0 aromatic heterocycles. The van der Waals surface area contributed by atoms with Crippen molar-refractivity contribution in [1.82, 2.24) is 15.1 Å². The largest absolute Gasteiger partial charge is 0.378 e. The summed E-state index contributed by atoms with van der Waals surface area (Å²) in [6.45, 7) is 15.4. The molecule has 2 saturated heterocycles. The summed E-state index contributed by atoms with van der Waals surface area (Å²) in [5.74, 6) is 0.0506. The van der Waals surface area contributed by atoms with Gasteiger partial charge in [-0.25, -0.2) is 0 Å². The topological polar surface area (TPSA) is 79.0 Å². The number of ether oxygens (including phenoxy) is 1. The molecule has 23 heavy (non-hydrogen) atoms. The Morgan fingerprint density at radius 2 is 1.39 bits per heavy atom. The zero-order valence-corrected chi connectivity index (χ0v) is 15.5. The smallest absolute Gasteiger partial charge is 0.239 e. The van der Waals surface area contributed by atoms with E-state index in [4.69, 9.17) is 4.74 Å². The Hall–Kier alpha value is -1.63. The summed E-state index contributed by atoms with van der Waals surface area (Å²) in [7, 11) is 0. The molecule has 2 aliphatic rings. The molecule has 1 N–H and O–H groups in total. The summed E-state index contributed by atoms with van der Waals surface area (Å²) in [5, 5.41) is 2.63. The Labute approximate surface area is 140 Å². The van der Waals surface area contributed by atoms with Crippen molar-refractivity contribution in [3.8, 4) is 0 Å². The van der Waals surface area contributed by atoms with Gasteiger partial charge >= 0.3 is 0 Å². The normalized spacial score (nSPS) is 16.3. The molecule has 2 fully saturated rings. The van der Waals surface area contributed by atoms with E-state index in [1.54, 1.807) is 11.8 Å². The minimum Gasteiger partial charge on any atom is -0.378 e. The van der Waals surface area contributed by atoms with E-state index < -0.39 is 0 Å². The first-order chi connectivity index (χ1) is 11.0. The molecule has 2 heterocycles. The third-order valence-corrected chi connectivity index (χ3v) is 2.94. The van der Waals surface area contributed by atoms with E-state index in [9.17, 15) is 14.4 Å². The number of piperazine rings is 1. The molecule has 0 bridgehead atoms. The first-order valence-corrected chi connectivity index (χ1v) is 8.36. The van der Waals surface area contributed by atoms with Crippen molar-refractivity contribution in [2.24, 2.45) is 0 Å². The van der Waals surface area contributed by atoms with Crippen LogP contribution in [0.2, 0.25) is 0 Å².